The van der Waals surface area contributed by atoms with Crippen LogP contribution in [-0.4, -0.2) is 9.13 Å². The molecule has 0 saturated carbocycles. The molecule has 0 N–H and O–H groups in total. The van der Waals surface area contributed by atoms with Gasteiger partial charge in [0.15, 0.2) is 0 Å². The number of para-hydroxylation sites is 4. The molecular formula is C30H24N2. The van der Waals surface area contributed by atoms with E-state index >= 15 is 0 Å². The van der Waals surface area contributed by atoms with Gasteiger partial charge in [-0.05, 0) is 43.3 Å². The van der Waals surface area contributed by atoms with Crippen LogP contribution in [-0.2, 0) is 6.54 Å². The van der Waals surface area contributed by atoms with Gasteiger partial charge >= 0.3 is 0 Å². The predicted molar refractivity (Wildman–Crippen MR) is 138 cm³/mol. The number of hydrogen-bond acceptors (Lipinski definition) is 0. The molecule has 2 heteroatoms. The lowest BCUT2D eigenvalue weighted by Crippen LogP contribution is -1.99. The lowest BCUT2D eigenvalue weighted by atomic mass is 10.2. The van der Waals surface area contributed by atoms with E-state index in [1.165, 1.54) is 49.3 Å². The molecule has 6 rings (SSSR count). The molecule has 4 aromatic carbocycles. The number of nitrogens with zero attached hydrogens (tertiary/aromatic N) is 2. The zero-order valence-electron chi connectivity index (χ0n) is 18.1. The van der Waals surface area contributed by atoms with Crippen molar-refractivity contribution < 1.29 is 0 Å². The third-order valence-electron chi connectivity index (χ3n) is 6.34. The molecule has 0 unspecified atom stereocenters. The maximum absolute atomic E-state index is 2.42. The number of fused-ring (bicyclic) bond motifs is 6. The Morgan fingerprint density at radius 1 is 0.594 bits per heavy atom. The van der Waals surface area contributed by atoms with Crippen LogP contribution in [0.5, 0.6) is 0 Å². The fourth-order valence-corrected chi connectivity index (χ4v) is 4.99. The first-order chi connectivity index (χ1) is 15.9. The number of rotatable bonds is 4. The van der Waals surface area contributed by atoms with Crippen molar-refractivity contribution in [3.8, 4) is 0 Å². The van der Waals surface area contributed by atoms with E-state index in [-0.39, 0.29) is 0 Å². The first kappa shape index (κ1) is 18.7. The summed E-state index contributed by atoms with van der Waals surface area (Å²) in [6, 6.07) is 34.7. The van der Waals surface area contributed by atoms with Crippen molar-refractivity contribution in [2.45, 2.75) is 13.5 Å². The first-order valence-corrected chi connectivity index (χ1v) is 11.1. The zero-order valence-corrected chi connectivity index (χ0v) is 18.1. The highest BCUT2D eigenvalue weighted by molar-refractivity contribution is 6.10. The molecule has 2 heterocycles. The first-order valence-electron chi connectivity index (χ1n) is 11.1. The lowest BCUT2D eigenvalue weighted by molar-refractivity contribution is 0.896. The minimum absolute atomic E-state index is 0.800. The monoisotopic (exact) mass is 412 g/mol. The van der Waals surface area contributed by atoms with Gasteiger partial charge in [0.25, 0.3) is 0 Å². The Hall–Kier alpha value is -4.04. The van der Waals surface area contributed by atoms with Crippen LogP contribution >= 0.6 is 0 Å². The van der Waals surface area contributed by atoms with E-state index < -0.39 is 0 Å². The third kappa shape index (κ3) is 2.80. The molecule has 0 amide bonds. The van der Waals surface area contributed by atoms with Gasteiger partial charge in [0.2, 0.25) is 0 Å². The van der Waals surface area contributed by atoms with Crippen molar-refractivity contribution >= 4 is 49.3 Å². The van der Waals surface area contributed by atoms with Crippen LogP contribution < -0.4 is 0 Å². The minimum Gasteiger partial charge on any atom is -0.336 e. The van der Waals surface area contributed by atoms with Crippen LogP contribution in [0.3, 0.4) is 0 Å². The van der Waals surface area contributed by atoms with Crippen molar-refractivity contribution in [1.29, 1.82) is 0 Å². The van der Waals surface area contributed by atoms with Crippen LogP contribution in [0.1, 0.15) is 6.92 Å². The predicted octanol–water partition coefficient (Wildman–Crippen LogP) is 8.02. The Labute approximate surface area is 187 Å². The quantitative estimate of drug-likeness (QED) is 0.259. The van der Waals surface area contributed by atoms with Crippen LogP contribution in [0.2, 0.25) is 0 Å². The van der Waals surface area contributed by atoms with Gasteiger partial charge in [-0.2, -0.15) is 0 Å². The van der Waals surface area contributed by atoms with Crippen molar-refractivity contribution in [3.05, 3.63) is 115 Å². The van der Waals surface area contributed by atoms with Crippen LogP contribution in [0, 0.1) is 0 Å². The Bertz CT molecular complexity index is 1550. The van der Waals surface area contributed by atoms with Gasteiger partial charge in [-0.25, -0.2) is 0 Å². The molecule has 2 nitrogen and oxygen atoms in total. The fourth-order valence-electron chi connectivity index (χ4n) is 4.99. The molecular weight excluding hydrogens is 388 g/mol. The highest BCUT2D eigenvalue weighted by Crippen LogP contribution is 2.33. The van der Waals surface area contributed by atoms with Gasteiger partial charge in [-0.1, -0.05) is 78.9 Å². The van der Waals surface area contributed by atoms with Gasteiger partial charge in [0.05, 0.1) is 11.0 Å². The normalized spacial score (nSPS) is 12.7. The highest BCUT2D eigenvalue weighted by atomic mass is 15.0. The lowest BCUT2D eigenvalue weighted by Gasteiger charge is -2.11. The smallest absolute Gasteiger partial charge is 0.0540 e. The van der Waals surface area contributed by atoms with Gasteiger partial charge in [0.1, 0.15) is 0 Å². The second-order valence-corrected chi connectivity index (χ2v) is 8.14. The van der Waals surface area contributed by atoms with Crippen molar-refractivity contribution in [2.24, 2.45) is 0 Å². The third-order valence-corrected chi connectivity index (χ3v) is 6.34. The summed E-state index contributed by atoms with van der Waals surface area (Å²) in [5, 5.41) is 5.19. The summed E-state index contributed by atoms with van der Waals surface area (Å²) in [5.74, 6) is 0. The van der Waals surface area contributed by atoms with E-state index in [1.807, 2.05) is 0 Å². The summed E-state index contributed by atoms with van der Waals surface area (Å²) in [4.78, 5) is 0. The maximum Gasteiger partial charge on any atom is 0.0540 e. The average Bonchev–Trinajstić information content (AvgIpc) is 3.35. The summed E-state index contributed by atoms with van der Waals surface area (Å²) in [6.45, 7) is 2.89. The maximum atomic E-state index is 2.42. The van der Waals surface area contributed by atoms with E-state index in [0.717, 1.165) is 6.54 Å². The molecule has 0 atom stereocenters. The topological polar surface area (TPSA) is 9.86 Å². The molecule has 2 aromatic heterocycles. The largest absolute Gasteiger partial charge is 0.336 e. The average molecular weight is 413 g/mol. The van der Waals surface area contributed by atoms with E-state index in [2.05, 4.69) is 131 Å². The molecule has 154 valence electrons. The van der Waals surface area contributed by atoms with Crippen LogP contribution in [0.25, 0.3) is 49.3 Å². The number of aromatic nitrogens is 2. The number of hydrogen-bond donors (Lipinski definition) is 0. The zero-order chi connectivity index (χ0) is 21.5. The Morgan fingerprint density at radius 2 is 1.00 bits per heavy atom. The summed E-state index contributed by atoms with van der Waals surface area (Å²) in [7, 11) is 0. The highest BCUT2D eigenvalue weighted by Gasteiger charge is 2.13. The van der Waals surface area contributed by atoms with Crippen LogP contribution in [0.15, 0.2) is 115 Å². The molecule has 32 heavy (non-hydrogen) atoms. The Balaban J connectivity index is 1.58. The molecule has 0 aliphatic carbocycles. The van der Waals surface area contributed by atoms with Crippen LogP contribution in [0.4, 0.5) is 0 Å². The number of allylic oxidation sites excluding steroid dienone is 4. The molecule has 6 aromatic rings. The van der Waals surface area contributed by atoms with Gasteiger partial charge in [-0.3, -0.25) is 0 Å². The van der Waals surface area contributed by atoms with E-state index in [4.69, 9.17) is 0 Å². The summed E-state index contributed by atoms with van der Waals surface area (Å²) < 4.78 is 4.81. The molecule has 0 fully saturated rings. The van der Waals surface area contributed by atoms with Gasteiger partial charge in [-0.15, -0.1) is 0 Å². The minimum atomic E-state index is 0.800. The van der Waals surface area contributed by atoms with Gasteiger partial charge < -0.3 is 9.13 Å². The van der Waals surface area contributed by atoms with E-state index in [0.29, 0.717) is 0 Å². The molecule has 0 bridgehead atoms. The van der Waals surface area contributed by atoms with Crippen molar-refractivity contribution in [3.63, 3.8) is 0 Å². The Kier molecular flexibility index (Phi) is 4.43. The second-order valence-electron chi connectivity index (χ2n) is 8.14. The molecule has 0 aliphatic heterocycles. The van der Waals surface area contributed by atoms with Crippen molar-refractivity contribution in [2.75, 3.05) is 0 Å². The molecule has 0 aliphatic rings. The van der Waals surface area contributed by atoms with Crippen molar-refractivity contribution in [1.82, 2.24) is 9.13 Å². The van der Waals surface area contributed by atoms with E-state index in [1.54, 1.807) is 0 Å². The van der Waals surface area contributed by atoms with Gasteiger partial charge in [0, 0.05) is 44.8 Å². The standard InChI is InChI=1S/C30H24N2/c1-2-11-22(32-29-18-9-5-14-25(29)26-15-6-10-19-30(26)32)20-21-31-27-16-7-3-12-23(27)24-13-4-8-17-28(24)31/h2-20H,21H2,1H3/b11-2-,22-20+. The Morgan fingerprint density at radius 3 is 1.47 bits per heavy atom. The second kappa shape index (κ2) is 7.58. The SMILES string of the molecule is C/C=C\C(=C/Cn1c2ccccc2c2ccccc21)n1c2ccccc2c2ccccc21. The summed E-state index contributed by atoms with van der Waals surface area (Å²) >= 11 is 0. The summed E-state index contributed by atoms with van der Waals surface area (Å²) in [5.41, 5.74) is 6.20. The number of benzene rings is 4. The fraction of sp³-hybridized carbons (Fsp3) is 0.0667. The molecule has 0 spiro atoms. The summed E-state index contributed by atoms with van der Waals surface area (Å²) in [6.07, 6.45) is 6.69. The molecule has 0 saturated heterocycles. The van der Waals surface area contributed by atoms with E-state index in [9.17, 15) is 0 Å². The molecule has 0 radical (unpaired) electrons.